The first-order valence-corrected chi connectivity index (χ1v) is 6.95. The lowest BCUT2D eigenvalue weighted by molar-refractivity contribution is -0.115. The van der Waals surface area contributed by atoms with Gasteiger partial charge in [0, 0.05) is 11.6 Å². The SMILES string of the molecule is O=C1NC(=O)C(=Cc2ccc(-c3ccc4c(c3)C(=O)NC4=O)o2)N1. The third-order valence-electron chi connectivity index (χ3n) is 3.65. The number of furan rings is 1. The van der Waals surface area contributed by atoms with Crippen molar-refractivity contribution in [3.8, 4) is 11.3 Å². The van der Waals surface area contributed by atoms with E-state index in [1.54, 1.807) is 30.3 Å². The average Bonchev–Trinajstić information content (AvgIpc) is 3.20. The Morgan fingerprint density at radius 3 is 2.33 bits per heavy atom. The molecule has 1 aromatic carbocycles. The third-order valence-corrected chi connectivity index (χ3v) is 3.65. The largest absolute Gasteiger partial charge is 0.457 e. The number of rotatable bonds is 2. The molecule has 3 heterocycles. The molecule has 1 fully saturated rings. The van der Waals surface area contributed by atoms with Crippen molar-refractivity contribution in [3.63, 3.8) is 0 Å². The molecule has 0 aliphatic carbocycles. The molecule has 8 heteroatoms. The van der Waals surface area contributed by atoms with Crippen LogP contribution in [0.25, 0.3) is 17.4 Å². The fourth-order valence-electron chi connectivity index (χ4n) is 2.53. The first kappa shape index (κ1) is 13.9. The summed E-state index contributed by atoms with van der Waals surface area (Å²) in [4.78, 5) is 45.8. The van der Waals surface area contributed by atoms with Gasteiger partial charge in [0.1, 0.15) is 17.2 Å². The number of carbonyl (C=O) groups is 4. The lowest BCUT2D eigenvalue weighted by atomic mass is 10.0. The number of benzene rings is 1. The maximum atomic E-state index is 11.7. The normalized spacial score (nSPS) is 17.8. The molecule has 8 nitrogen and oxygen atoms in total. The second-order valence-electron chi connectivity index (χ2n) is 5.21. The monoisotopic (exact) mass is 323 g/mol. The fraction of sp³-hybridized carbons (Fsp3) is 0. The van der Waals surface area contributed by atoms with Crippen LogP contribution in [0, 0.1) is 0 Å². The van der Waals surface area contributed by atoms with Crippen LogP contribution in [0.15, 0.2) is 40.4 Å². The lowest BCUT2D eigenvalue weighted by Gasteiger charge is -1.99. The van der Waals surface area contributed by atoms with Gasteiger partial charge in [-0.25, -0.2) is 4.79 Å². The maximum absolute atomic E-state index is 11.7. The summed E-state index contributed by atoms with van der Waals surface area (Å²) in [6.07, 6.45) is 1.40. The third kappa shape index (κ3) is 2.17. The average molecular weight is 323 g/mol. The van der Waals surface area contributed by atoms with Crippen molar-refractivity contribution in [1.29, 1.82) is 0 Å². The van der Waals surface area contributed by atoms with Gasteiger partial charge in [-0.15, -0.1) is 0 Å². The van der Waals surface area contributed by atoms with Crippen molar-refractivity contribution in [3.05, 3.63) is 52.9 Å². The summed E-state index contributed by atoms with van der Waals surface area (Å²) in [5.41, 5.74) is 1.31. The van der Waals surface area contributed by atoms with Crippen LogP contribution in [-0.2, 0) is 4.79 Å². The van der Waals surface area contributed by atoms with E-state index < -0.39 is 23.8 Å². The highest BCUT2D eigenvalue weighted by molar-refractivity contribution is 6.21. The van der Waals surface area contributed by atoms with E-state index in [1.165, 1.54) is 6.08 Å². The molecular formula is C16H9N3O5. The fourth-order valence-corrected chi connectivity index (χ4v) is 2.53. The van der Waals surface area contributed by atoms with Gasteiger partial charge in [0.05, 0.1) is 11.1 Å². The molecule has 0 saturated carbocycles. The predicted molar refractivity (Wildman–Crippen MR) is 80.6 cm³/mol. The van der Waals surface area contributed by atoms with Gasteiger partial charge in [0.25, 0.3) is 17.7 Å². The van der Waals surface area contributed by atoms with Crippen molar-refractivity contribution in [2.24, 2.45) is 0 Å². The summed E-state index contributed by atoms with van der Waals surface area (Å²) >= 11 is 0. The summed E-state index contributed by atoms with van der Waals surface area (Å²) < 4.78 is 5.61. The molecule has 1 aromatic heterocycles. The lowest BCUT2D eigenvalue weighted by Crippen LogP contribution is -2.22. The number of hydrogen-bond acceptors (Lipinski definition) is 5. The Kier molecular flexibility index (Phi) is 2.86. The molecule has 2 aromatic rings. The van der Waals surface area contributed by atoms with Crippen LogP contribution in [0.2, 0.25) is 0 Å². The second kappa shape index (κ2) is 4.92. The Morgan fingerprint density at radius 1 is 0.792 bits per heavy atom. The highest BCUT2D eigenvalue weighted by Gasteiger charge is 2.27. The van der Waals surface area contributed by atoms with Gasteiger partial charge in [-0.1, -0.05) is 6.07 Å². The van der Waals surface area contributed by atoms with Crippen LogP contribution in [0.5, 0.6) is 0 Å². The zero-order valence-corrected chi connectivity index (χ0v) is 12.0. The summed E-state index contributed by atoms with van der Waals surface area (Å²) in [5, 5.41) is 6.67. The van der Waals surface area contributed by atoms with E-state index >= 15 is 0 Å². The molecule has 5 amide bonds. The van der Waals surface area contributed by atoms with E-state index in [-0.39, 0.29) is 11.3 Å². The van der Waals surface area contributed by atoms with Gasteiger partial charge in [-0.05, 0) is 24.3 Å². The number of hydrogen-bond donors (Lipinski definition) is 3. The number of amides is 5. The quantitative estimate of drug-likeness (QED) is 0.433. The number of nitrogens with one attached hydrogen (secondary N) is 3. The van der Waals surface area contributed by atoms with Gasteiger partial charge in [-0.3, -0.25) is 25.0 Å². The topological polar surface area (TPSA) is 118 Å². The van der Waals surface area contributed by atoms with Crippen LogP contribution in [0.1, 0.15) is 26.5 Å². The highest BCUT2D eigenvalue weighted by Crippen LogP contribution is 2.27. The van der Waals surface area contributed by atoms with E-state index in [9.17, 15) is 19.2 Å². The van der Waals surface area contributed by atoms with Crippen LogP contribution in [0.3, 0.4) is 0 Å². The summed E-state index contributed by atoms with van der Waals surface area (Å²) in [5.74, 6) is -0.587. The van der Waals surface area contributed by atoms with Crippen molar-refractivity contribution < 1.29 is 23.6 Å². The molecule has 3 N–H and O–H groups in total. The summed E-state index contributed by atoms with van der Waals surface area (Å²) in [6.45, 7) is 0. The minimum atomic E-state index is -0.590. The molecule has 118 valence electrons. The first-order valence-electron chi connectivity index (χ1n) is 6.95. The van der Waals surface area contributed by atoms with Crippen LogP contribution in [-0.4, -0.2) is 23.8 Å². The Morgan fingerprint density at radius 2 is 1.58 bits per heavy atom. The van der Waals surface area contributed by atoms with Gasteiger partial charge in [-0.2, -0.15) is 0 Å². The summed E-state index contributed by atoms with van der Waals surface area (Å²) in [6, 6.07) is 7.48. The molecule has 0 spiro atoms. The van der Waals surface area contributed by atoms with Crippen LogP contribution >= 0.6 is 0 Å². The van der Waals surface area contributed by atoms with E-state index in [2.05, 4.69) is 16.0 Å². The minimum absolute atomic E-state index is 0.0832. The first-order chi connectivity index (χ1) is 11.5. The molecule has 0 atom stereocenters. The number of urea groups is 1. The number of imide groups is 2. The van der Waals surface area contributed by atoms with Gasteiger partial charge < -0.3 is 9.73 Å². The van der Waals surface area contributed by atoms with Crippen LogP contribution in [0.4, 0.5) is 4.79 Å². The zero-order chi connectivity index (χ0) is 16.8. The number of fused-ring (bicyclic) bond motifs is 1. The highest BCUT2D eigenvalue weighted by atomic mass is 16.3. The molecule has 2 aliphatic heterocycles. The molecule has 2 aliphatic rings. The van der Waals surface area contributed by atoms with Crippen molar-refractivity contribution >= 4 is 29.8 Å². The van der Waals surface area contributed by atoms with E-state index in [4.69, 9.17) is 4.42 Å². The molecule has 24 heavy (non-hydrogen) atoms. The van der Waals surface area contributed by atoms with Crippen molar-refractivity contribution in [2.45, 2.75) is 0 Å². The molecule has 1 saturated heterocycles. The minimum Gasteiger partial charge on any atom is -0.457 e. The molecule has 0 bridgehead atoms. The second-order valence-corrected chi connectivity index (χ2v) is 5.21. The molecule has 4 rings (SSSR count). The Bertz CT molecular complexity index is 970. The smallest absolute Gasteiger partial charge is 0.326 e. The Balaban J connectivity index is 1.67. The molecule has 0 unspecified atom stereocenters. The van der Waals surface area contributed by atoms with Crippen molar-refractivity contribution in [2.75, 3.05) is 0 Å². The maximum Gasteiger partial charge on any atom is 0.326 e. The van der Waals surface area contributed by atoms with E-state index in [0.29, 0.717) is 22.6 Å². The van der Waals surface area contributed by atoms with E-state index in [0.717, 1.165) is 0 Å². The molecule has 0 radical (unpaired) electrons. The van der Waals surface area contributed by atoms with Gasteiger partial charge in [0.2, 0.25) is 0 Å². The predicted octanol–water partition coefficient (Wildman–Crippen LogP) is 1.01. The van der Waals surface area contributed by atoms with Gasteiger partial charge in [0.15, 0.2) is 0 Å². The molecular weight excluding hydrogens is 314 g/mol. The Hall–Kier alpha value is -3.68. The number of carbonyl (C=O) groups excluding carboxylic acids is 4. The zero-order valence-electron chi connectivity index (χ0n) is 12.0. The Labute approximate surface area is 134 Å². The van der Waals surface area contributed by atoms with Crippen molar-refractivity contribution in [1.82, 2.24) is 16.0 Å². The van der Waals surface area contributed by atoms with Crippen LogP contribution < -0.4 is 16.0 Å². The van der Waals surface area contributed by atoms with Gasteiger partial charge >= 0.3 is 6.03 Å². The van der Waals surface area contributed by atoms with E-state index in [1.807, 2.05) is 0 Å². The standard InChI is InChI=1S/C16H9N3O5/c20-13-9-3-1-7(5-10(9)14(21)18-13)12-4-2-8(24-12)6-11-15(22)19-16(23)17-11/h1-6H,(H,18,20,21)(H2,17,19,22,23). The summed E-state index contributed by atoms with van der Waals surface area (Å²) in [7, 11) is 0.